The highest BCUT2D eigenvalue weighted by Gasteiger charge is 2.18. The van der Waals surface area contributed by atoms with Crippen LogP contribution in [0, 0.1) is 0 Å². The fourth-order valence-corrected chi connectivity index (χ4v) is 3.03. The Morgan fingerprint density at radius 2 is 2.20 bits per heavy atom. The Balaban J connectivity index is 2.12. The average molecular weight is 293 g/mol. The third kappa shape index (κ3) is 3.24. The van der Waals surface area contributed by atoms with E-state index in [-0.39, 0.29) is 6.04 Å². The first-order valence-corrected chi connectivity index (χ1v) is 7.99. The molecule has 2 rings (SSSR count). The summed E-state index contributed by atoms with van der Waals surface area (Å²) in [6.45, 7) is 6.48. The molecule has 0 fully saturated rings. The summed E-state index contributed by atoms with van der Waals surface area (Å²) in [6, 6.07) is 2.80. The molecular formula is C14H23N5S. The van der Waals surface area contributed by atoms with Gasteiger partial charge in [-0.15, -0.1) is 5.10 Å². The maximum Gasteiger partial charge on any atom is 0.0801 e. The molecule has 0 aliphatic heterocycles. The predicted octanol–water partition coefficient (Wildman–Crippen LogP) is 2.77. The number of aryl methyl sites for hydroxylation is 1. The molecule has 0 saturated heterocycles. The lowest BCUT2D eigenvalue weighted by Gasteiger charge is -2.14. The van der Waals surface area contributed by atoms with Crippen molar-refractivity contribution in [2.45, 2.75) is 52.1 Å². The van der Waals surface area contributed by atoms with Crippen LogP contribution in [-0.2, 0) is 12.8 Å². The fraction of sp³-hybridized carbons (Fsp3) is 0.643. The van der Waals surface area contributed by atoms with Crippen molar-refractivity contribution in [3.8, 4) is 0 Å². The van der Waals surface area contributed by atoms with Crippen molar-refractivity contribution < 1.29 is 0 Å². The molecule has 6 heteroatoms. The van der Waals surface area contributed by atoms with Crippen LogP contribution in [0.2, 0.25) is 0 Å². The molecule has 0 spiro atoms. The standard InChI is InChI=1S/C14H23N5S/c1-5-10(3)19-8-7-11(17-19)9-13(15-4)14-12(6-2)16-18-20-14/h7-8,10,13,15H,5-6,9H2,1-4H3. The second-order valence-electron chi connectivity index (χ2n) is 5.03. The van der Waals surface area contributed by atoms with Crippen molar-refractivity contribution in [2.24, 2.45) is 0 Å². The SMILES string of the molecule is CCc1nnsc1C(Cc1ccn(C(C)CC)n1)NC. The normalized spacial score (nSPS) is 14.4. The summed E-state index contributed by atoms with van der Waals surface area (Å²) in [4.78, 5) is 1.23. The van der Waals surface area contributed by atoms with Gasteiger partial charge >= 0.3 is 0 Å². The Kier molecular flexibility index (Phi) is 5.25. The van der Waals surface area contributed by atoms with Crippen LogP contribution in [0.5, 0.6) is 0 Å². The molecule has 2 heterocycles. The summed E-state index contributed by atoms with van der Waals surface area (Å²) >= 11 is 1.49. The van der Waals surface area contributed by atoms with E-state index in [1.807, 2.05) is 11.7 Å². The summed E-state index contributed by atoms with van der Waals surface area (Å²) in [5, 5.41) is 12.2. The zero-order valence-electron chi connectivity index (χ0n) is 12.6. The monoisotopic (exact) mass is 293 g/mol. The second kappa shape index (κ2) is 6.95. The molecule has 2 aromatic heterocycles. The first-order valence-electron chi connectivity index (χ1n) is 7.21. The highest BCUT2D eigenvalue weighted by atomic mass is 32.1. The van der Waals surface area contributed by atoms with E-state index in [1.54, 1.807) is 0 Å². The molecule has 20 heavy (non-hydrogen) atoms. The van der Waals surface area contributed by atoms with Crippen molar-refractivity contribution >= 4 is 11.5 Å². The second-order valence-corrected chi connectivity index (χ2v) is 5.81. The van der Waals surface area contributed by atoms with Crippen molar-refractivity contribution in [1.29, 1.82) is 0 Å². The molecule has 0 aliphatic rings. The van der Waals surface area contributed by atoms with E-state index in [0.29, 0.717) is 6.04 Å². The topological polar surface area (TPSA) is 55.6 Å². The third-order valence-corrected chi connectivity index (χ3v) is 4.58. The molecule has 2 aromatic rings. The maximum absolute atomic E-state index is 4.67. The lowest BCUT2D eigenvalue weighted by atomic mass is 10.1. The van der Waals surface area contributed by atoms with Crippen molar-refractivity contribution in [1.82, 2.24) is 24.7 Å². The van der Waals surface area contributed by atoms with Gasteiger partial charge in [-0.05, 0) is 44.4 Å². The fourth-order valence-electron chi connectivity index (χ4n) is 2.18. The molecule has 0 amide bonds. The molecule has 0 radical (unpaired) electrons. The molecular weight excluding hydrogens is 270 g/mol. The van der Waals surface area contributed by atoms with E-state index in [0.717, 1.165) is 30.7 Å². The highest BCUT2D eigenvalue weighted by Crippen LogP contribution is 2.24. The molecule has 0 aromatic carbocycles. The smallest absolute Gasteiger partial charge is 0.0801 e. The van der Waals surface area contributed by atoms with Gasteiger partial charge < -0.3 is 5.32 Å². The number of hydrogen-bond acceptors (Lipinski definition) is 5. The van der Waals surface area contributed by atoms with Gasteiger partial charge in [-0.2, -0.15) is 5.10 Å². The Bertz CT molecular complexity index is 533. The third-order valence-electron chi connectivity index (χ3n) is 3.70. The summed E-state index contributed by atoms with van der Waals surface area (Å²) < 4.78 is 6.13. The van der Waals surface area contributed by atoms with Gasteiger partial charge in [0.25, 0.3) is 0 Å². The summed E-state index contributed by atoms with van der Waals surface area (Å²) in [5.74, 6) is 0. The number of nitrogens with zero attached hydrogens (tertiary/aromatic N) is 4. The molecule has 2 atom stereocenters. The number of likely N-dealkylation sites (N-methyl/N-ethyl adjacent to an activating group) is 1. The van der Waals surface area contributed by atoms with E-state index in [2.05, 4.69) is 53.0 Å². The molecule has 1 N–H and O–H groups in total. The molecule has 110 valence electrons. The van der Waals surface area contributed by atoms with Crippen LogP contribution < -0.4 is 5.32 Å². The predicted molar refractivity (Wildman–Crippen MR) is 82.0 cm³/mol. The van der Waals surface area contributed by atoms with E-state index in [4.69, 9.17) is 0 Å². The van der Waals surface area contributed by atoms with Crippen molar-refractivity contribution in [3.63, 3.8) is 0 Å². The van der Waals surface area contributed by atoms with Crippen LogP contribution in [0.3, 0.4) is 0 Å². The first kappa shape index (κ1) is 15.1. The minimum atomic E-state index is 0.241. The Morgan fingerprint density at radius 3 is 2.85 bits per heavy atom. The molecule has 2 unspecified atom stereocenters. The van der Waals surface area contributed by atoms with Crippen LogP contribution in [0.4, 0.5) is 0 Å². The zero-order chi connectivity index (χ0) is 14.5. The Hall–Kier alpha value is -1.27. The lowest BCUT2D eigenvalue weighted by molar-refractivity contribution is 0.469. The van der Waals surface area contributed by atoms with Crippen LogP contribution in [-0.4, -0.2) is 26.4 Å². The van der Waals surface area contributed by atoms with E-state index >= 15 is 0 Å². The van der Waals surface area contributed by atoms with Crippen LogP contribution in [0.25, 0.3) is 0 Å². The maximum atomic E-state index is 4.67. The van der Waals surface area contributed by atoms with Gasteiger partial charge in [0, 0.05) is 18.7 Å². The number of hydrogen-bond donors (Lipinski definition) is 1. The number of nitrogens with one attached hydrogen (secondary N) is 1. The van der Waals surface area contributed by atoms with Gasteiger partial charge in [0.15, 0.2) is 0 Å². The average Bonchev–Trinajstić information content (AvgIpc) is 3.12. The first-order chi connectivity index (χ1) is 9.69. The van der Waals surface area contributed by atoms with Crippen LogP contribution >= 0.6 is 11.5 Å². The van der Waals surface area contributed by atoms with Crippen LogP contribution in [0.1, 0.15) is 55.5 Å². The van der Waals surface area contributed by atoms with E-state index in [1.165, 1.54) is 16.4 Å². The van der Waals surface area contributed by atoms with E-state index < -0.39 is 0 Å². The van der Waals surface area contributed by atoms with Gasteiger partial charge in [-0.25, -0.2) is 0 Å². The molecule has 0 aliphatic carbocycles. The largest absolute Gasteiger partial charge is 0.312 e. The highest BCUT2D eigenvalue weighted by molar-refractivity contribution is 7.05. The van der Waals surface area contributed by atoms with Crippen molar-refractivity contribution in [2.75, 3.05) is 7.05 Å². The van der Waals surface area contributed by atoms with Gasteiger partial charge in [0.05, 0.1) is 22.3 Å². The van der Waals surface area contributed by atoms with Crippen LogP contribution in [0.15, 0.2) is 12.3 Å². The Morgan fingerprint density at radius 1 is 1.40 bits per heavy atom. The minimum absolute atomic E-state index is 0.241. The molecule has 5 nitrogen and oxygen atoms in total. The van der Waals surface area contributed by atoms with Gasteiger partial charge in [-0.3, -0.25) is 4.68 Å². The minimum Gasteiger partial charge on any atom is -0.312 e. The van der Waals surface area contributed by atoms with Crippen molar-refractivity contribution in [3.05, 3.63) is 28.5 Å². The Labute approximate surface area is 124 Å². The molecule has 0 bridgehead atoms. The molecule has 0 saturated carbocycles. The summed E-state index contributed by atoms with van der Waals surface area (Å²) in [6.07, 6.45) is 4.96. The number of aromatic nitrogens is 4. The van der Waals surface area contributed by atoms with Gasteiger partial charge in [0.1, 0.15) is 0 Å². The quantitative estimate of drug-likeness (QED) is 0.853. The van der Waals surface area contributed by atoms with Gasteiger partial charge in [-0.1, -0.05) is 18.3 Å². The number of rotatable bonds is 7. The zero-order valence-corrected chi connectivity index (χ0v) is 13.4. The lowest BCUT2D eigenvalue weighted by Crippen LogP contribution is -2.19. The summed E-state index contributed by atoms with van der Waals surface area (Å²) in [5.41, 5.74) is 2.20. The summed E-state index contributed by atoms with van der Waals surface area (Å²) in [7, 11) is 1.98. The van der Waals surface area contributed by atoms with E-state index in [9.17, 15) is 0 Å². The van der Waals surface area contributed by atoms with Gasteiger partial charge in [0.2, 0.25) is 0 Å².